The summed E-state index contributed by atoms with van der Waals surface area (Å²) in [6.45, 7) is 1.31. The molecule has 2 N–H and O–H groups in total. The summed E-state index contributed by atoms with van der Waals surface area (Å²) in [6, 6.07) is 15.1. The van der Waals surface area contributed by atoms with E-state index >= 15 is 0 Å². The van der Waals surface area contributed by atoms with Crippen LogP contribution in [0.5, 0.6) is 0 Å². The topological polar surface area (TPSA) is 61.4 Å². The molecule has 0 radical (unpaired) electrons. The van der Waals surface area contributed by atoms with Crippen LogP contribution in [0, 0.1) is 0 Å². The Bertz CT molecular complexity index is 785. The highest BCUT2D eigenvalue weighted by molar-refractivity contribution is 7.98. The molecule has 3 amide bonds. The van der Waals surface area contributed by atoms with Crippen LogP contribution >= 0.6 is 11.8 Å². The number of amides is 3. The number of carbonyl (C=O) groups excluding carboxylic acids is 2. The van der Waals surface area contributed by atoms with Crippen molar-refractivity contribution in [1.29, 1.82) is 0 Å². The first-order chi connectivity index (χ1) is 12.2. The largest absolute Gasteiger partial charge is 0.336 e. The average molecular weight is 353 g/mol. The molecule has 25 heavy (non-hydrogen) atoms. The Morgan fingerprint density at radius 2 is 1.88 bits per heavy atom. The Balaban J connectivity index is 1.58. The minimum atomic E-state index is -0.194. The van der Waals surface area contributed by atoms with Crippen LogP contribution in [0.1, 0.15) is 5.56 Å². The highest BCUT2D eigenvalue weighted by atomic mass is 32.2. The van der Waals surface area contributed by atoms with Crippen molar-refractivity contribution in [2.75, 3.05) is 29.6 Å². The molecule has 3 rings (SSSR count). The molecule has 0 aliphatic carbocycles. The summed E-state index contributed by atoms with van der Waals surface area (Å²) in [5.74, 6) is -0.194. The molecule has 0 aromatic heterocycles. The molecule has 5 nitrogen and oxygen atoms in total. The number of nitrogens with zero attached hydrogens (tertiary/aromatic N) is 1. The monoisotopic (exact) mass is 353 g/mol. The standard InChI is InChI=1S/C19H19N3O2S/c1-25-17-9-2-14(3-10-17)4-11-18(23)21-15-5-7-16(8-6-15)22-13-12-20-19(22)24/h2-11H,12-13H2,1H3,(H,20,24)(H,21,23)/b11-4+. The van der Waals surface area contributed by atoms with Gasteiger partial charge in [-0.2, -0.15) is 0 Å². The predicted molar refractivity (Wildman–Crippen MR) is 103 cm³/mol. The van der Waals surface area contributed by atoms with Crippen LogP contribution in [0.15, 0.2) is 59.5 Å². The van der Waals surface area contributed by atoms with Gasteiger partial charge in [0.1, 0.15) is 0 Å². The molecule has 0 bridgehead atoms. The van der Waals surface area contributed by atoms with E-state index in [4.69, 9.17) is 0 Å². The van der Waals surface area contributed by atoms with Gasteiger partial charge in [0.25, 0.3) is 0 Å². The SMILES string of the molecule is CSc1ccc(/C=C/C(=O)Nc2ccc(N3CCNC3=O)cc2)cc1. The van der Waals surface area contributed by atoms with E-state index in [2.05, 4.69) is 10.6 Å². The van der Waals surface area contributed by atoms with Crippen molar-refractivity contribution in [3.05, 3.63) is 60.2 Å². The fourth-order valence-electron chi connectivity index (χ4n) is 2.51. The number of thioether (sulfide) groups is 1. The second kappa shape index (κ2) is 7.90. The smallest absolute Gasteiger partial charge is 0.321 e. The molecule has 1 saturated heterocycles. The third-order valence-corrected chi connectivity index (χ3v) is 4.59. The van der Waals surface area contributed by atoms with Gasteiger partial charge in [-0.05, 0) is 54.3 Å². The lowest BCUT2D eigenvalue weighted by atomic mass is 10.2. The summed E-state index contributed by atoms with van der Waals surface area (Å²) in [5.41, 5.74) is 2.48. The average Bonchev–Trinajstić information content (AvgIpc) is 3.07. The van der Waals surface area contributed by atoms with Gasteiger partial charge in [0, 0.05) is 35.4 Å². The third-order valence-electron chi connectivity index (χ3n) is 3.85. The van der Waals surface area contributed by atoms with Gasteiger partial charge in [-0.3, -0.25) is 9.69 Å². The minimum Gasteiger partial charge on any atom is -0.336 e. The summed E-state index contributed by atoms with van der Waals surface area (Å²) in [5, 5.41) is 5.58. The Kier molecular flexibility index (Phi) is 5.40. The molecule has 1 aliphatic rings. The quantitative estimate of drug-likeness (QED) is 0.638. The number of benzene rings is 2. The zero-order chi connectivity index (χ0) is 17.6. The minimum absolute atomic E-state index is 0.0905. The molecule has 0 unspecified atom stereocenters. The van der Waals surface area contributed by atoms with E-state index in [1.54, 1.807) is 34.9 Å². The van der Waals surface area contributed by atoms with E-state index in [-0.39, 0.29) is 11.9 Å². The lowest BCUT2D eigenvalue weighted by Crippen LogP contribution is -2.27. The van der Waals surface area contributed by atoms with E-state index < -0.39 is 0 Å². The molecule has 0 atom stereocenters. The lowest BCUT2D eigenvalue weighted by Gasteiger charge is -2.14. The second-order valence-electron chi connectivity index (χ2n) is 5.53. The molecule has 1 heterocycles. The maximum absolute atomic E-state index is 12.0. The zero-order valence-corrected chi connectivity index (χ0v) is 14.7. The fraction of sp³-hybridized carbons (Fsp3) is 0.158. The van der Waals surface area contributed by atoms with Gasteiger partial charge >= 0.3 is 6.03 Å². The molecule has 0 saturated carbocycles. The molecular weight excluding hydrogens is 334 g/mol. The van der Waals surface area contributed by atoms with E-state index in [1.807, 2.05) is 42.7 Å². The maximum Gasteiger partial charge on any atom is 0.321 e. The van der Waals surface area contributed by atoms with Crippen LogP contribution in [0.2, 0.25) is 0 Å². The normalized spacial score (nSPS) is 14.0. The van der Waals surface area contributed by atoms with Crippen molar-refractivity contribution in [3.63, 3.8) is 0 Å². The number of rotatable bonds is 5. The summed E-state index contributed by atoms with van der Waals surface area (Å²) in [4.78, 5) is 26.5. The Labute approximate surface area is 151 Å². The van der Waals surface area contributed by atoms with Crippen LogP contribution in [-0.4, -0.2) is 31.3 Å². The molecule has 0 spiro atoms. The Morgan fingerprint density at radius 3 is 2.48 bits per heavy atom. The van der Waals surface area contributed by atoms with Crippen LogP contribution in [0.4, 0.5) is 16.2 Å². The first-order valence-electron chi connectivity index (χ1n) is 7.94. The summed E-state index contributed by atoms with van der Waals surface area (Å²) in [7, 11) is 0. The Hall–Kier alpha value is -2.73. The maximum atomic E-state index is 12.0. The van der Waals surface area contributed by atoms with Gasteiger partial charge in [0.2, 0.25) is 5.91 Å². The number of carbonyl (C=O) groups is 2. The first kappa shape index (κ1) is 17.1. The van der Waals surface area contributed by atoms with Gasteiger partial charge in [-0.1, -0.05) is 12.1 Å². The van der Waals surface area contributed by atoms with Crippen LogP contribution < -0.4 is 15.5 Å². The van der Waals surface area contributed by atoms with Crippen molar-refractivity contribution in [1.82, 2.24) is 5.32 Å². The number of hydrogen-bond donors (Lipinski definition) is 2. The highest BCUT2D eigenvalue weighted by Gasteiger charge is 2.20. The molecular formula is C19H19N3O2S. The molecule has 128 valence electrons. The van der Waals surface area contributed by atoms with E-state index in [0.717, 1.165) is 11.3 Å². The van der Waals surface area contributed by atoms with Gasteiger partial charge in [-0.15, -0.1) is 11.8 Å². The summed E-state index contributed by atoms with van der Waals surface area (Å²) < 4.78 is 0. The first-order valence-corrected chi connectivity index (χ1v) is 9.17. The van der Waals surface area contributed by atoms with Crippen LogP contribution in [0.3, 0.4) is 0 Å². The van der Waals surface area contributed by atoms with Gasteiger partial charge < -0.3 is 10.6 Å². The summed E-state index contributed by atoms with van der Waals surface area (Å²) >= 11 is 1.68. The molecule has 2 aromatic carbocycles. The highest BCUT2D eigenvalue weighted by Crippen LogP contribution is 2.20. The van der Waals surface area contributed by atoms with Gasteiger partial charge in [0.05, 0.1) is 0 Å². The van der Waals surface area contributed by atoms with Gasteiger partial charge in [0.15, 0.2) is 0 Å². The van der Waals surface area contributed by atoms with Crippen molar-refractivity contribution in [3.8, 4) is 0 Å². The second-order valence-corrected chi connectivity index (χ2v) is 6.41. The summed E-state index contributed by atoms with van der Waals surface area (Å²) in [6.07, 6.45) is 5.32. The predicted octanol–water partition coefficient (Wildman–Crippen LogP) is 3.59. The van der Waals surface area contributed by atoms with Gasteiger partial charge in [-0.25, -0.2) is 4.79 Å². The van der Waals surface area contributed by atoms with Crippen LogP contribution in [0.25, 0.3) is 6.08 Å². The van der Waals surface area contributed by atoms with Crippen molar-refractivity contribution in [2.45, 2.75) is 4.90 Å². The molecule has 2 aromatic rings. The van der Waals surface area contributed by atoms with Crippen molar-refractivity contribution >= 4 is 41.2 Å². The molecule has 1 fully saturated rings. The number of nitrogens with one attached hydrogen (secondary N) is 2. The van der Waals surface area contributed by atoms with E-state index in [0.29, 0.717) is 18.8 Å². The zero-order valence-electron chi connectivity index (χ0n) is 13.9. The number of urea groups is 1. The van der Waals surface area contributed by atoms with Crippen molar-refractivity contribution < 1.29 is 9.59 Å². The molecule has 1 aliphatic heterocycles. The molecule has 6 heteroatoms. The fourth-order valence-corrected chi connectivity index (χ4v) is 2.92. The lowest BCUT2D eigenvalue weighted by molar-refractivity contribution is -0.111. The van der Waals surface area contributed by atoms with Crippen LogP contribution in [-0.2, 0) is 4.79 Å². The number of anilines is 2. The number of hydrogen-bond acceptors (Lipinski definition) is 3. The third kappa shape index (κ3) is 4.42. The van der Waals surface area contributed by atoms with E-state index in [1.165, 1.54) is 11.0 Å². The van der Waals surface area contributed by atoms with E-state index in [9.17, 15) is 9.59 Å². The Morgan fingerprint density at radius 1 is 1.16 bits per heavy atom. The van der Waals surface area contributed by atoms with Crippen molar-refractivity contribution in [2.24, 2.45) is 0 Å².